The third-order valence-corrected chi connectivity index (χ3v) is 5.29. The maximum Gasteiger partial charge on any atom is 0.259 e. The second kappa shape index (κ2) is 7.94. The van der Waals surface area contributed by atoms with Gasteiger partial charge in [0, 0.05) is 29.5 Å². The molecule has 27 heavy (non-hydrogen) atoms. The second-order valence-electron chi connectivity index (χ2n) is 7.48. The number of rotatable bonds is 7. The zero-order valence-electron chi connectivity index (χ0n) is 16.5. The molecule has 2 N–H and O–H groups in total. The van der Waals surface area contributed by atoms with Gasteiger partial charge < -0.3 is 10.6 Å². The third kappa shape index (κ3) is 4.38. The first kappa shape index (κ1) is 19.1. The highest BCUT2D eigenvalue weighted by atomic mass is 16.2. The Hall–Kier alpha value is -2.63. The van der Waals surface area contributed by atoms with Crippen LogP contribution in [0.5, 0.6) is 0 Å². The van der Waals surface area contributed by atoms with Crippen molar-refractivity contribution in [1.29, 1.82) is 0 Å². The molecule has 1 aliphatic rings. The predicted molar refractivity (Wildman–Crippen MR) is 106 cm³/mol. The summed E-state index contributed by atoms with van der Waals surface area (Å²) >= 11 is 0. The third-order valence-electron chi connectivity index (χ3n) is 5.29. The van der Waals surface area contributed by atoms with Crippen LogP contribution in [0.2, 0.25) is 0 Å². The van der Waals surface area contributed by atoms with Crippen molar-refractivity contribution in [2.24, 2.45) is 5.92 Å². The average Bonchev–Trinajstić information content (AvgIpc) is 3.41. The van der Waals surface area contributed by atoms with E-state index in [1.54, 1.807) is 18.3 Å². The molecule has 1 aromatic heterocycles. The lowest BCUT2D eigenvalue weighted by molar-refractivity contribution is 0.0950. The van der Waals surface area contributed by atoms with Crippen LogP contribution in [0, 0.1) is 19.8 Å². The van der Waals surface area contributed by atoms with Crippen LogP contribution in [0.25, 0.3) is 0 Å². The second-order valence-corrected chi connectivity index (χ2v) is 7.48. The molecular weight excluding hydrogens is 340 g/mol. The molecule has 6 nitrogen and oxygen atoms in total. The highest BCUT2D eigenvalue weighted by Gasteiger charge is 2.22. The number of nitrogens with zero attached hydrogens (tertiary/aromatic N) is 2. The van der Waals surface area contributed by atoms with E-state index in [4.69, 9.17) is 0 Å². The van der Waals surface area contributed by atoms with Gasteiger partial charge in [-0.1, -0.05) is 13.0 Å². The van der Waals surface area contributed by atoms with E-state index in [2.05, 4.69) is 29.6 Å². The van der Waals surface area contributed by atoms with Crippen molar-refractivity contribution in [3.63, 3.8) is 0 Å². The van der Waals surface area contributed by atoms with E-state index in [0.717, 1.165) is 24.2 Å². The lowest BCUT2D eigenvalue weighted by Crippen LogP contribution is -2.25. The standard InChI is InChI=1S/C21H28N4O2/c1-5-14(3)25-15(4)18(12-23-25)21(27)24-19-10-17(9-6-13(19)2)20(26)22-11-16-7-8-16/h6,9-10,12,14,16H,5,7-8,11H2,1-4H3,(H,22,26)(H,24,27). The molecule has 1 aromatic carbocycles. The fourth-order valence-corrected chi connectivity index (χ4v) is 3.01. The normalized spacial score (nSPS) is 14.7. The van der Waals surface area contributed by atoms with Gasteiger partial charge in [-0.15, -0.1) is 0 Å². The summed E-state index contributed by atoms with van der Waals surface area (Å²) < 4.78 is 1.88. The summed E-state index contributed by atoms with van der Waals surface area (Å²) in [4.78, 5) is 25.1. The van der Waals surface area contributed by atoms with Gasteiger partial charge in [0.05, 0.1) is 11.8 Å². The van der Waals surface area contributed by atoms with Crippen LogP contribution in [0.15, 0.2) is 24.4 Å². The van der Waals surface area contributed by atoms with Crippen LogP contribution in [0.4, 0.5) is 5.69 Å². The van der Waals surface area contributed by atoms with Crippen molar-refractivity contribution < 1.29 is 9.59 Å². The molecule has 1 heterocycles. The number of benzene rings is 1. The van der Waals surface area contributed by atoms with Crippen LogP contribution in [0.1, 0.15) is 71.1 Å². The summed E-state index contributed by atoms with van der Waals surface area (Å²) in [5, 5.41) is 10.3. The van der Waals surface area contributed by atoms with Crippen molar-refractivity contribution in [1.82, 2.24) is 15.1 Å². The molecule has 0 spiro atoms. The van der Waals surface area contributed by atoms with Gasteiger partial charge in [-0.2, -0.15) is 5.10 Å². The summed E-state index contributed by atoms with van der Waals surface area (Å²) in [6.45, 7) is 8.71. The van der Waals surface area contributed by atoms with E-state index in [9.17, 15) is 9.59 Å². The highest BCUT2D eigenvalue weighted by Crippen LogP contribution is 2.27. The van der Waals surface area contributed by atoms with E-state index in [0.29, 0.717) is 22.7 Å². The van der Waals surface area contributed by atoms with Gasteiger partial charge in [0.25, 0.3) is 11.8 Å². The fourth-order valence-electron chi connectivity index (χ4n) is 3.01. The first-order chi connectivity index (χ1) is 12.9. The number of carbonyl (C=O) groups excluding carboxylic acids is 2. The highest BCUT2D eigenvalue weighted by molar-refractivity contribution is 6.06. The lowest BCUT2D eigenvalue weighted by atomic mass is 10.1. The fraction of sp³-hybridized carbons (Fsp3) is 0.476. The Bertz CT molecular complexity index is 852. The monoisotopic (exact) mass is 368 g/mol. The summed E-state index contributed by atoms with van der Waals surface area (Å²) in [6.07, 6.45) is 4.94. The molecule has 6 heteroatoms. The zero-order valence-corrected chi connectivity index (χ0v) is 16.5. The molecule has 1 atom stereocenters. The Morgan fingerprint density at radius 3 is 2.67 bits per heavy atom. The van der Waals surface area contributed by atoms with Gasteiger partial charge in [0.15, 0.2) is 0 Å². The number of carbonyl (C=O) groups is 2. The van der Waals surface area contributed by atoms with Gasteiger partial charge >= 0.3 is 0 Å². The molecule has 0 saturated heterocycles. The molecule has 0 aliphatic heterocycles. The van der Waals surface area contributed by atoms with Crippen LogP contribution in [0.3, 0.4) is 0 Å². The summed E-state index contributed by atoms with van der Waals surface area (Å²) in [7, 11) is 0. The minimum Gasteiger partial charge on any atom is -0.352 e. The van der Waals surface area contributed by atoms with Gasteiger partial charge in [-0.25, -0.2) is 0 Å². The maximum absolute atomic E-state index is 12.8. The largest absolute Gasteiger partial charge is 0.352 e. The maximum atomic E-state index is 12.8. The van der Waals surface area contributed by atoms with Crippen LogP contribution >= 0.6 is 0 Å². The average molecular weight is 368 g/mol. The minimum atomic E-state index is -0.208. The van der Waals surface area contributed by atoms with Gasteiger partial charge in [0.1, 0.15) is 0 Å². The zero-order chi connectivity index (χ0) is 19.6. The molecular formula is C21H28N4O2. The number of anilines is 1. The summed E-state index contributed by atoms with van der Waals surface area (Å²) in [6, 6.07) is 5.63. The smallest absolute Gasteiger partial charge is 0.259 e. The molecule has 0 bridgehead atoms. The molecule has 144 valence electrons. The number of aryl methyl sites for hydroxylation is 1. The van der Waals surface area contributed by atoms with Crippen LogP contribution < -0.4 is 10.6 Å². The Morgan fingerprint density at radius 2 is 2.00 bits per heavy atom. The molecule has 3 rings (SSSR count). The SMILES string of the molecule is CCC(C)n1ncc(C(=O)Nc2cc(C(=O)NCC3CC3)ccc2C)c1C. The van der Waals surface area contributed by atoms with Gasteiger partial charge in [-0.05, 0) is 63.6 Å². The molecule has 1 aliphatic carbocycles. The molecule has 1 unspecified atom stereocenters. The Morgan fingerprint density at radius 1 is 1.26 bits per heavy atom. The van der Waals surface area contributed by atoms with E-state index < -0.39 is 0 Å². The van der Waals surface area contributed by atoms with Crippen LogP contribution in [-0.2, 0) is 0 Å². The van der Waals surface area contributed by atoms with E-state index in [1.165, 1.54) is 12.8 Å². The van der Waals surface area contributed by atoms with Crippen LogP contribution in [-0.4, -0.2) is 28.1 Å². The van der Waals surface area contributed by atoms with Gasteiger partial charge in [0.2, 0.25) is 0 Å². The number of amides is 2. The number of hydrogen-bond donors (Lipinski definition) is 2. The van der Waals surface area contributed by atoms with E-state index in [1.807, 2.05) is 24.6 Å². The minimum absolute atomic E-state index is 0.0989. The number of hydrogen-bond acceptors (Lipinski definition) is 3. The van der Waals surface area contributed by atoms with Crippen molar-refractivity contribution in [2.75, 3.05) is 11.9 Å². The summed E-state index contributed by atoms with van der Waals surface area (Å²) in [5.74, 6) is 0.322. The molecule has 1 saturated carbocycles. The Kier molecular flexibility index (Phi) is 5.63. The summed E-state index contributed by atoms with van der Waals surface area (Å²) in [5.41, 5.74) is 3.52. The number of aromatic nitrogens is 2. The molecule has 2 aromatic rings. The molecule has 0 radical (unpaired) electrons. The Balaban J connectivity index is 1.74. The molecule has 1 fully saturated rings. The number of nitrogens with one attached hydrogen (secondary N) is 2. The van der Waals surface area contributed by atoms with E-state index in [-0.39, 0.29) is 17.9 Å². The predicted octanol–water partition coefficient (Wildman–Crippen LogP) is 3.86. The molecule has 2 amide bonds. The lowest BCUT2D eigenvalue weighted by Gasteiger charge is -2.13. The van der Waals surface area contributed by atoms with Crippen molar-refractivity contribution in [2.45, 2.75) is 53.0 Å². The quantitative estimate of drug-likeness (QED) is 0.779. The van der Waals surface area contributed by atoms with Crippen molar-refractivity contribution in [3.8, 4) is 0 Å². The topological polar surface area (TPSA) is 76.0 Å². The Labute approximate surface area is 160 Å². The first-order valence-corrected chi connectivity index (χ1v) is 9.65. The first-order valence-electron chi connectivity index (χ1n) is 9.65. The van der Waals surface area contributed by atoms with E-state index >= 15 is 0 Å². The van der Waals surface area contributed by atoms with Crippen molar-refractivity contribution >= 4 is 17.5 Å². The van der Waals surface area contributed by atoms with Crippen molar-refractivity contribution in [3.05, 3.63) is 46.8 Å². The van der Waals surface area contributed by atoms with Gasteiger partial charge in [-0.3, -0.25) is 14.3 Å².